The summed E-state index contributed by atoms with van der Waals surface area (Å²) in [6.45, 7) is 0. The van der Waals surface area contributed by atoms with Crippen LogP contribution in [0.2, 0.25) is 10.0 Å². The Hall–Kier alpha value is -0.820. The molecule has 2 aromatic rings. The average Bonchev–Trinajstić information content (AvgIpc) is 2.81. The predicted molar refractivity (Wildman–Crippen MR) is 67.6 cm³/mol. The van der Waals surface area contributed by atoms with Crippen molar-refractivity contribution in [2.45, 2.75) is 12.3 Å². The maximum absolute atomic E-state index is 12.4. The fraction of sp³-hybridized carbons (Fsp3) is 0.182. The van der Waals surface area contributed by atoms with Gasteiger partial charge in [0.1, 0.15) is 6.10 Å². The molecule has 0 radical (unpaired) electrons. The van der Waals surface area contributed by atoms with E-state index in [0.29, 0.717) is 21.9 Å². The summed E-state index contributed by atoms with van der Waals surface area (Å²) in [6.07, 6.45) is -4.73. The lowest BCUT2D eigenvalue weighted by Gasteiger charge is -2.09. The van der Waals surface area contributed by atoms with Gasteiger partial charge in [-0.25, -0.2) is 4.98 Å². The van der Waals surface area contributed by atoms with Gasteiger partial charge in [-0.1, -0.05) is 29.3 Å². The molecule has 19 heavy (non-hydrogen) atoms. The summed E-state index contributed by atoms with van der Waals surface area (Å²) >= 11 is 11.9. The Morgan fingerprint density at radius 3 is 2.42 bits per heavy atom. The first kappa shape index (κ1) is 14.6. The first-order chi connectivity index (χ1) is 8.79. The molecule has 0 aliphatic rings. The molecule has 0 saturated heterocycles. The van der Waals surface area contributed by atoms with Crippen molar-refractivity contribution in [2.24, 2.45) is 0 Å². The quantitative estimate of drug-likeness (QED) is 0.877. The van der Waals surface area contributed by atoms with Crippen LogP contribution in [-0.4, -0.2) is 10.1 Å². The lowest BCUT2D eigenvalue weighted by atomic mass is 10.1. The van der Waals surface area contributed by atoms with Gasteiger partial charge in [0.05, 0.1) is 14.9 Å². The molecule has 2 nitrogen and oxygen atoms in total. The molecular formula is C11H6Cl2F3NOS. The number of aliphatic hydroxyl groups excluding tert-OH is 1. The van der Waals surface area contributed by atoms with Crippen LogP contribution < -0.4 is 0 Å². The van der Waals surface area contributed by atoms with Crippen molar-refractivity contribution in [2.75, 3.05) is 0 Å². The summed E-state index contributed by atoms with van der Waals surface area (Å²) < 4.78 is 37.2. The topological polar surface area (TPSA) is 33.1 Å². The number of thiazole rings is 1. The normalized spacial score (nSPS) is 13.6. The van der Waals surface area contributed by atoms with Gasteiger partial charge in [0, 0.05) is 6.20 Å². The molecule has 0 saturated carbocycles. The zero-order valence-electron chi connectivity index (χ0n) is 9.08. The molecule has 0 bridgehead atoms. The Bertz CT molecular complexity index is 600. The molecule has 1 heterocycles. The van der Waals surface area contributed by atoms with Gasteiger partial charge >= 0.3 is 6.18 Å². The fourth-order valence-electron chi connectivity index (χ4n) is 1.39. The van der Waals surface area contributed by atoms with Gasteiger partial charge in [0.25, 0.3) is 0 Å². The van der Waals surface area contributed by atoms with E-state index in [1.165, 1.54) is 18.2 Å². The molecule has 0 amide bonds. The number of halogens is 5. The van der Waals surface area contributed by atoms with Crippen LogP contribution >= 0.6 is 34.5 Å². The van der Waals surface area contributed by atoms with Crippen LogP contribution in [0.15, 0.2) is 24.4 Å². The van der Waals surface area contributed by atoms with Crippen molar-refractivity contribution in [3.63, 3.8) is 0 Å². The number of aliphatic hydroxyl groups is 1. The molecule has 0 aliphatic carbocycles. The van der Waals surface area contributed by atoms with E-state index >= 15 is 0 Å². The Kier molecular flexibility index (Phi) is 4.06. The SMILES string of the molecule is OC(c1ccc(Cl)c(Cl)c1)c1cnc(C(F)(F)F)s1. The molecule has 1 atom stereocenters. The fourth-order valence-corrected chi connectivity index (χ4v) is 2.49. The average molecular weight is 328 g/mol. The van der Waals surface area contributed by atoms with Crippen molar-refractivity contribution in [3.8, 4) is 0 Å². The molecule has 102 valence electrons. The van der Waals surface area contributed by atoms with Crippen molar-refractivity contribution in [3.05, 3.63) is 49.9 Å². The highest BCUT2D eigenvalue weighted by Gasteiger charge is 2.35. The van der Waals surface area contributed by atoms with E-state index in [4.69, 9.17) is 23.2 Å². The Morgan fingerprint density at radius 2 is 1.89 bits per heavy atom. The van der Waals surface area contributed by atoms with Gasteiger partial charge in [-0.05, 0) is 17.7 Å². The molecule has 0 spiro atoms. The van der Waals surface area contributed by atoms with Crippen LogP contribution in [0.5, 0.6) is 0 Å². The highest BCUT2D eigenvalue weighted by molar-refractivity contribution is 7.11. The Morgan fingerprint density at radius 1 is 1.21 bits per heavy atom. The molecule has 0 aliphatic heterocycles. The van der Waals surface area contributed by atoms with Crippen LogP contribution in [0.3, 0.4) is 0 Å². The van der Waals surface area contributed by atoms with E-state index < -0.39 is 17.3 Å². The third-order valence-corrected chi connectivity index (χ3v) is 4.13. The summed E-state index contributed by atoms with van der Waals surface area (Å²) in [5, 5.41) is 9.51. The third-order valence-electron chi connectivity index (χ3n) is 2.29. The van der Waals surface area contributed by atoms with Gasteiger partial charge < -0.3 is 5.11 Å². The van der Waals surface area contributed by atoms with Gasteiger partial charge in [-0.3, -0.25) is 0 Å². The summed E-state index contributed by atoms with van der Waals surface area (Å²) in [6, 6.07) is 4.36. The van der Waals surface area contributed by atoms with Crippen LogP contribution in [-0.2, 0) is 6.18 Å². The maximum atomic E-state index is 12.4. The minimum absolute atomic E-state index is 0.0886. The number of benzene rings is 1. The van der Waals surface area contributed by atoms with Gasteiger partial charge in [-0.2, -0.15) is 13.2 Å². The minimum atomic E-state index is -4.51. The maximum Gasteiger partial charge on any atom is 0.443 e. The van der Waals surface area contributed by atoms with Crippen LogP contribution in [0, 0.1) is 0 Å². The van der Waals surface area contributed by atoms with E-state index in [1.807, 2.05) is 0 Å². The lowest BCUT2D eigenvalue weighted by Crippen LogP contribution is -2.03. The van der Waals surface area contributed by atoms with E-state index in [2.05, 4.69) is 4.98 Å². The molecule has 1 N–H and O–H groups in total. The van der Waals surface area contributed by atoms with Gasteiger partial charge in [0.15, 0.2) is 5.01 Å². The lowest BCUT2D eigenvalue weighted by molar-refractivity contribution is -0.137. The van der Waals surface area contributed by atoms with Crippen molar-refractivity contribution >= 4 is 34.5 Å². The molecule has 0 fully saturated rings. The summed E-state index contributed by atoms with van der Waals surface area (Å²) in [4.78, 5) is 3.34. The largest absolute Gasteiger partial charge is 0.443 e. The van der Waals surface area contributed by atoms with E-state index in [-0.39, 0.29) is 9.90 Å². The zero-order valence-corrected chi connectivity index (χ0v) is 11.4. The molecule has 1 aromatic heterocycles. The zero-order chi connectivity index (χ0) is 14.2. The molecule has 2 rings (SSSR count). The second-order valence-corrected chi connectivity index (χ2v) is 5.52. The first-order valence-electron chi connectivity index (χ1n) is 4.95. The van der Waals surface area contributed by atoms with Crippen LogP contribution in [0.4, 0.5) is 13.2 Å². The number of hydrogen-bond donors (Lipinski definition) is 1. The Balaban J connectivity index is 2.31. The summed E-state index contributed by atoms with van der Waals surface area (Å²) in [5.74, 6) is 0. The first-order valence-corrected chi connectivity index (χ1v) is 6.52. The van der Waals surface area contributed by atoms with Crippen molar-refractivity contribution < 1.29 is 18.3 Å². The van der Waals surface area contributed by atoms with Crippen molar-refractivity contribution in [1.82, 2.24) is 4.98 Å². The number of aromatic nitrogens is 1. The number of rotatable bonds is 2. The molecule has 1 unspecified atom stereocenters. The minimum Gasteiger partial charge on any atom is -0.383 e. The summed E-state index contributed by atoms with van der Waals surface area (Å²) in [5.41, 5.74) is 0.353. The smallest absolute Gasteiger partial charge is 0.383 e. The van der Waals surface area contributed by atoms with Gasteiger partial charge in [-0.15, -0.1) is 11.3 Å². The summed E-state index contributed by atoms with van der Waals surface area (Å²) in [7, 11) is 0. The standard InChI is InChI=1S/C11H6Cl2F3NOS/c12-6-2-1-5(3-7(6)13)9(18)8-4-17-10(19-8)11(14,15)16/h1-4,9,18H. The number of nitrogens with zero attached hydrogens (tertiary/aromatic N) is 1. The molecule has 1 aromatic carbocycles. The van der Waals surface area contributed by atoms with E-state index in [0.717, 1.165) is 6.20 Å². The van der Waals surface area contributed by atoms with Gasteiger partial charge in [0.2, 0.25) is 0 Å². The highest BCUT2D eigenvalue weighted by atomic mass is 35.5. The van der Waals surface area contributed by atoms with Crippen LogP contribution in [0.25, 0.3) is 0 Å². The third kappa shape index (κ3) is 3.20. The van der Waals surface area contributed by atoms with Crippen LogP contribution in [0.1, 0.15) is 21.6 Å². The number of hydrogen-bond acceptors (Lipinski definition) is 3. The van der Waals surface area contributed by atoms with Crippen molar-refractivity contribution in [1.29, 1.82) is 0 Å². The second kappa shape index (κ2) is 5.28. The Labute approximate surface area is 120 Å². The second-order valence-electron chi connectivity index (χ2n) is 3.64. The monoisotopic (exact) mass is 327 g/mol. The number of alkyl halides is 3. The predicted octanol–water partition coefficient (Wildman–Crippen LogP) is 4.55. The molecule has 8 heteroatoms. The highest BCUT2D eigenvalue weighted by Crippen LogP contribution is 2.36. The van der Waals surface area contributed by atoms with E-state index in [1.54, 1.807) is 0 Å². The van der Waals surface area contributed by atoms with E-state index in [9.17, 15) is 18.3 Å². The molecular weight excluding hydrogens is 322 g/mol.